The Morgan fingerprint density at radius 3 is 1.72 bits per heavy atom. The standard InChI is InChI=1S/C10H10O.C9H9NO.H2N4O4S.H2O4S/c1-3-8-11-10-6-4-9(2)5-7-10;1-2-7-11-9-5-3-8(10)4-6-9;5-8-3-1-2-4-9(6)7;1-5(2,3)4/h1,4-7H,8H2,2H3;1,3-6H,7,10H2;5H,(H,6,7);(H2,1,2,3,4)/b;;3-1+,4-2?;. The Kier molecular flexibility index (Phi) is 20.3. The molecule has 17 heteroatoms. The van der Waals surface area contributed by atoms with Crippen LogP contribution in [0.25, 0.3) is 0 Å². The van der Waals surface area contributed by atoms with Gasteiger partial charge in [0.05, 0.1) is 5.28 Å². The Morgan fingerprint density at radius 2 is 1.36 bits per heavy atom. The van der Waals surface area contributed by atoms with E-state index < -0.39 is 21.7 Å². The smallest absolute Gasteiger partial charge is 0.394 e. The van der Waals surface area contributed by atoms with E-state index in [0.29, 0.717) is 13.2 Å². The monoisotopic (exact) mass is 545 g/mol. The summed E-state index contributed by atoms with van der Waals surface area (Å²) < 4.78 is 61.9. The average molecular weight is 546 g/mol. The molecule has 2 aromatic carbocycles. The molecule has 196 valence electrons. The SMILES string of the molecule is C#CCOc1ccc(C)cc1.C#CCOc1ccc(N)cc1.O=S(=O)(O)O.O=S(O)N=N/N=N/OO. The number of nitrogens with two attached hydrogens (primary N) is 1. The molecule has 15 nitrogen and oxygen atoms in total. The van der Waals surface area contributed by atoms with Gasteiger partial charge < -0.3 is 15.2 Å². The van der Waals surface area contributed by atoms with Gasteiger partial charge in [-0.15, -0.1) is 12.8 Å². The van der Waals surface area contributed by atoms with Crippen molar-refractivity contribution in [2.24, 2.45) is 20.2 Å². The van der Waals surface area contributed by atoms with E-state index in [1.165, 1.54) is 5.56 Å². The molecular weight excluding hydrogens is 522 g/mol. The van der Waals surface area contributed by atoms with Crippen LogP contribution in [-0.2, 0) is 26.7 Å². The average Bonchev–Trinajstić information content (AvgIpc) is 2.81. The van der Waals surface area contributed by atoms with Crippen molar-refractivity contribution >= 4 is 27.4 Å². The summed E-state index contributed by atoms with van der Waals surface area (Å²) in [6.07, 6.45) is 10.0. The van der Waals surface area contributed by atoms with Crippen LogP contribution in [0.5, 0.6) is 11.5 Å². The fraction of sp³-hybridized carbons (Fsp3) is 0.158. The second kappa shape index (κ2) is 21.4. The highest BCUT2D eigenvalue weighted by Crippen LogP contribution is 2.12. The predicted octanol–water partition coefficient (Wildman–Crippen LogP) is 2.98. The van der Waals surface area contributed by atoms with Crippen molar-refractivity contribution in [1.82, 2.24) is 0 Å². The highest BCUT2D eigenvalue weighted by molar-refractivity contribution is 7.79. The Balaban J connectivity index is 0. The van der Waals surface area contributed by atoms with Crippen molar-refractivity contribution in [2.75, 3.05) is 18.9 Å². The van der Waals surface area contributed by atoms with Gasteiger partial charge in [-0.25, -0.2) is 9.20 Å². The third-order valence-electron chi connectivity index (χ3n) is 2.76. The van der Waals surface area contributed by atoms with Crippen molar-refractivity contribution in [3.05, 3.63) is 54.1 Å². The maximum Gasteiger partial charge on any atom is 0.394 e. The molecule has 2 rings (SSSR count). The molecule has 0 amide bonds. The van der Waals surface area contributed by atoms with Gasteiger partial charge in [0.2, 0.25) is 0 Å². The molecule has 6 N–H and O–H groups in total. The summed E-state index contributed by atoms with van der Waals surface area (Å²) in [4.78, 5) is 3.05. The maximum absolute atomic E-state index is 9.61. The van der Waals surface area contributed by atoms with Crippen LogP contribution in [-0.4, -0.2) is 44.8 Å². The van der Waals surface area contributed by atoms with Crippen LogP contribution in [0.2, 0.25) is 0 Å². The van der Waals surface area contributed by atoms with E-state index in [1.54, 1.807) is 24.3 Å². The van der Waals surface area contributed by atoms with Crippen molar-refractivity contribution in [1.29, 1.82) is 0 Å². The van der Waals surface area contributed by atoms with E-state index >= 15 is 0 Å². The summed E-state index contributed by atoms with van der Waals surface area (Å²) in [6.45, 7) is 2.66. The molecule has 0 heterocycles. The third-order valence-corrected chi connectivity index (χ3v) is 2.98. The fourth-order valence-electron chi connectivity index (χ4n) is 1.53. The topological polar surface area (TPSA) is 235 Å². The van der Waals surface area contributed by atoms with Crippen LogP contribution in [0.3, 0.4) is 0 Å². The van der Waals surface area contributed by atoms with Gasteiger partial charge in [0.25, 0.3) is 0 Å². The van der Waals surface area contributed by atoms with Gasteiger partial charge in [-0.1, -0.05) is 29.5 Å². The van der Waals surface area contributed by atoms with Crippen LogP contribution in [0, 0.1) is 31.6 Å². The van der Waals surface area contributed by atoms with Gasteiger partial charge in [-0.2, -0.15) is 13.7 Å². The van der Waals surface area contributed by atoms with Crippen LogP contribution in [0.4, 0.5) is 5.69 Å². The van der Waals surface area contributed by atoms with Gasteiger partial charge in [0.1, 0.15) is 24.7 Å². The van der Waals surface area contributed by atoms with Crippen LogP contribution in [0.15, 0.2) is 68.8 Å². The van der Waals surface area contributed by atoms with E-state index in [0.717, 1.165) is 17.2 Å². The predicted molar refractivity (Wildman–Crippen MR) is 129 cm³/mol. The van der Waals surface area contributed by atoms with E-state index in [4.69, 9.17) is 55.4 Å². The van der Waals surface area contributed by atoms with Crippen molar-refractivity contribution < 1.29 is 46.0 Å². The Hall–Kier alpha value is -4.10. The Labute approximate surface area is 209 Å². The molecule has 0 saturated carbocycles. The normalized spacial score (nSPS) is 10.6. The number of rotatable bonds is 7. The Morgan fingerprint density at radius 1 is 0.944 bits per heavy atom. The van der Waals surface area contributed by atoms with E-state index in [1.807, 2.05) is 31.2 Å². The molecule has 2 aromatic rings. The first-order valence-corrected chi connectivity index (χ1v) is 11.4. The zero-order valence-electron chi connectivity index (χ0n) is 18.6. The zero-order chi connectivity index (χ0) is 27.8. The number of aryl methyl sites for hydroxylation is 1. The van der Waals surface area contributed by atoms with E-state index in [-0.39, 0.29) is 0 Å². The molecule has 0 radical (unpaired) electrons. The molecule has 0 fully saturated rings. The largest absolute Gasteiger partial charge is 0.481 e. The van der Waals surface area contributed by atoms with Crippen molar-refractivity contribution in [2.45, 2.75) is 6.92 Å². The molecular formula is C19H23N5O10S2. The second-order valence-electron chi connectivity index (χ2n) is 5.47. The minimum absolute atomic E-state index is 0.296. The quantitative estimate of drug-likeness (QED) is 0.0644. The van der Waals surface area contributed by atoms with Gasteiger partial charge in [0.15, 0.2) is 0 Å². The molecule has 36 heavy (non-hydrogen) atoms. The lowest BCUT2D eigenvalue weighted by Crippen LogP contribution is -1.93. The number of anilines is 1. The first-order valence-electron chi connectivity index (χ1n) is 8.90. The Bertz CT molecular complexity index is 1060. The summed E-state index contributed by atoms with van der Waals surface area (Å²) in [5.41, 5.74) is 7.40. The van der Waals surface area contributed by atoms with Gasteiger partial charge in [-0.3, -0.25) is 13.7 Å². The summed E-state index contributed by atoms with van der Waals surface area (Å²) in [5, 5.41) is 15.0. The van der Waals surface area contributed by atoms with Gasteiger partial charge in [-0.05, 0) is 53.1 Å². The summed E-state index contributed by atoms with van der Waals surface area (Å²) in [7, 11) is -4.67. The number of nitrogen functional groups attached to an aromatic ring is 1. The summed E-state index contributed by atoms with van der Waals surface area (Å²) in [5.74, 6) is 6.36. The number of terminal acetylenes is 2. The van der Waals surface area contributed by atoms with Crippen molar-refractivity contribution in [3.63, 3.8) is 0 Å². The molecule has 0 saturated heterocycles. The van der Waals surface area contributed by atoms with Crippen LogP contribution in [0.1, 0.15) is 5.56 Å². The molecule has 1 atom stereocenters. The maximum atomic E-state index is 9.61. The number of benzene rings is 2. The van der Waals surface area contributed by atoms with Crippen LogP contribution < -0.4 is 15.2 Å². The van der Waals surface area contributed by atoms with E-state index in [9.17, 15) is 4.21 Å². The second-order valence-corrected chi connectivity index (χ2v) is 6.99. The number of ether oxygens (including phenoxy) is 2. The highest BCUT2D eigenvalue weighted by atomic mass is 32.3. The number of nitrogens with zero attached hydrogens (tertiary/aromatic N) is 4. The lowest BCUT2D eigenvalue weighted by molar-refractivity contribution is -0.251. The molecule has 0 bridgehead atoms. The molecule has 1 unspecified atom stereocenters. The third kappa shape index (κ3) is 27.9. The van der Waals surface area contributed by atoms with E-state index in [2.05, 4.69) is 37.1 Å². The minimum atomic E-state index is -4.67. The molecule has 0 aliphatic heterocycles. The number of hydrogen-bond donors (Lipinski definition) is 5. The zero-order valence-corrected chi connectivity index (χ0v) is 20.2. The molecule has 0 spiro atoms. The molecule has 0 aliphatic carbocycles. The van der Waals surface area contributed by atoms with Gasteiger partial charge in [0, 0.05) is 10.9 Å². The van der Waals surface area contributed by atoms with Crippen molar-refractivity contribution in [3.8, 4) is 36.2 Å². The lowest BCUT2D eigenvalue weighted by atomic mass is 10.2. The first kappa shape index (κ1) is 34.1. The molecule has 0 aliphatic rings. The highest BCUT2D eigenvalue weighted by Gasteiger charge is 1.90. The lowest BCUT2D eigenvalue weighted by Gasteiger charge is -2.00. The van der Waals surface area contributed by atoms with Crippen LogP contribution >= 0.6 is 0 Å². The van der Waals surface area contributed by atoms with Gasteiger partial charge >= 0.3 is 21.7 Å². The first-order chi connectivity index (χ1) is 16.9. The fourth-order valence-corrected chi connectivity index (χ4v) is 1.62. The summed E-state index contributed by atoms with van der Waals surface area (Å²) >= 11 is -2.40. The summed E-state index contributed by atoms with van der Waals surface area (Å²) in [6, 6.07) is 14.9. The minimum Gasteiger partial charge on any atom is -0.481 e. The molecule has 0 aromatic heterocycles. The number of hydrogen-bond acceptors (Lipinski definition) is 9.